The van der Waals surface area contributed by atoms with E-state index in [9.17, 15) is 14.9 Å². The minimum atomic E-state index is -0.422. The first kappa shape index (κ1) is 16.0. The highest BCUT2D eigenvalue weighted by Crippen LogP contribution is 2.27. The van der Waals surface area contributed by atoms with E-state index < -0.39 is 4.92 Å². The number of pyridine rings is 1. The highest BCUT2D eigenvalue weighted by atomic mass is 16.6. The Morgan fingerprint density at radius 3 is 2.85 bits per heavy atom. The zero-order chi connectivity index (χ0) is 18.1. The first-order valence-electron chi connectivity index (χ1n) is 8.11. The second-order valence-corrected chi connectivity index (χ2v) is 5.98. The number of aromatic nitrogens is 1. The molecule has 0 unspecified atom stereocenters. The second kappa shape index (κ2) is 6.40. The Morgan fingerprint density at radius 2 is 2.00 bits per heavy atom. The lowest BCUT2D eigenvalue weighted by Gasteiger charge is -2.11. The van der Waals surface area contributed by atoms with E-state index in [0.717, 1.165) is 10.9 Å². The minimum absolute atomic E-state index is 0.0291. The minimum Gasteiger partial charge on any atom is -0.489 e. The van der Waals surface area contributed by atoms with Crippen molar-refractivity contribution in [3.8, 4) is 5.75 Å². The number of hydrogen-bond donors (Lipinski definition) is 0. The van der Waals surface area contributed by atoms with Gasteiger partial charge >= 0.3 is 0 Å². The van der Waals surface area contributed by atoms with Crippen molar-refractivity contribution in [1.29, 1.82) is 0 Å². The van der Waals surface area contributed by atoms with Crippen LogP contribution in [0.3, 0.4) is 0 Å². The molecule has 128 valence electrons. The summed E-state index contributed by atoms with van der Waals surface area (Å²) in [6.45, 7) is 0.0860. The lowest BCUT2D eigenvalue weighted by atomic mass is 9.99. The van der Waals surface area contributed by atoms with Crippen LogP contribution in [0.4, 0.5) is 5.69 Å². The molecule has 0 aliphatic heterocycles. The van der Waals surface area contributed by atoms with Crippen LogP contribution in [0.5, 0.6) is 5.75 Å². The summed E-state index contributed by atoms with van der Waals surface area (Å²) in [5, 5.41) is 11.9. The molecule has 0 radical (unpaired) electrons. The number of nitrogens with zero attached hydrogens (tertiary/aromatic N) is 2. The van der Waals surface area contributed by atoms with Gasteiger partial charge in [0.2, 0.25) is 0 Å². The highest BCUT2D eigenvalue weighted by molar-refractivity contribution is 6.04. The van der Waals surface area contributed by atoms with E-state index in [-0.39, 0.29) is 18.1 Å². The number of ketones is 1. The molecule has 0 spiro atoms. The van der Waals surface area contributed by atoms with Crippen molar-refractivity contribution in [2.45, 2.75) is 13.0 Å². The summed E-state index contributed by atoms with van der Waals surface area (Å²) in [4.78, 5) is 27.2. The Kier molecular flexibility index (Phi) is 3.93. The number of nitro benzene ring substituents is 1. The fourth-order valence-electron chi connectivity index (χ4n) is 2.97. The summed E-state index contributed by atoms with van der Waals surface area (Å²) in [6.07, 6.45) is 4.05. The first-order valence-corrected chi connectivity index (χ1v) is 8.11. The van der Waals surface area contributed by atoms with Gasteiger partial charge in [0.25, 0.3) is 5.69 Å². The van der Waals surface area contributed by atoms with Crippen LogP contribution in [0.25, 0.3) is 17.0 Å². The number of nitro groups is 1. The zero-order valence-corrected chi connectivity index (χ0v) is 13.7. The van der Waals surface area contributed by atoms with Crippen molar-refractivity contribution < 1.29 is 14.5 Å². The SMILES string of the molecule is O=C1CC=Cc2nc3ccc(OCc4ccccc4[N+](=O)[O-])cc3cc21. The van der Waals surface area contributed by atoms with E-state index in [0.29, 0.717) is 29.0 Å². The molecule has 0 saturated carbocycles. The van der Waals surface area contributed by atoms with Crippen molar-refractivity contribution in [2.75, 3.05) is 0 Å². The van der Waals surface area contributed by atoms with Crippen LogP contribution in [0.1, 0.15) is 28.0 Å². The normalized spacial score (nSPS) is 12.8. The largest absolute Gasteiger partial charge is 0.489 e. The van der Waals surface area contributed by atoms with Gasteiger partial charge in [0.15, 0.2) is 5.78 Å². The van der Waals surface area contributed by atoms with Gasteiger partial charge in [-0.15, -0.1) is 0 Å². The standard InChI is InChI=1S/C20H14N2O4/c23-20-7-3-5-18-16(20)11-14-10-15(8-9-17(14)21-18)26-12-13-4-1-2-6-19(13)22(24)25/h1-6,8-11H,7,12H2. The molecular weight excluding hydrogens is 332 g/mol. The molecule has 1 aliphatic carbocycles. The lowest BCUT2D eigenvalue weighted by Crippen LogP contribution is -2.06. The Hall–Kier alpha value is -3.54. The molecule has 1 aromatic heterocycles. The Morgan fingerprint density at radius 1 is 1.15 bits per heavy atom. The molecule has 3 aromatic rings. The number of allylic oxidation sites excluding steroid dienone is 1. The summed E-state index contributed by atoms with van der Waals surface area (Å²) in [5.74, 6) is 0.610. The molecule has 1 heterocycles. The maximum absolute atomic E-state index is 12.0. The fourth-order valence-corrected chi connectivity index (χ4v) is 2.97. The quantitative estimate of drug-likeness (QED) is 0.519. The van der Waals surface area contributed by atoms with Crippen LogP contribution in [-0.2, 0) is 6.61 Å². The molecule has 0 bridgehead atoms. The van der Waals surface area contributed by atoms with E-state index in [4.69, 9.17) is 4.74 Å². The van der Waals surface area contributed by atoms with Gasteiger partial charge in [0.05, 0.1) is 21.7 Å². The molecule has 26 heavy (non-hydrogen) atoms. The van der Waals surface area contributed by atoms with E-state index in [1.54, 1.807) is 30.3 Å². The molecule has 6 nitrogen and oxygen atoms in total. The molecule has 2 aromatic carbocycles. The number of fused-ring (bicyclic) bond motifs is 2. The molecule has 0 atom stereocenters. The maximum Gasteiger partial charge on any atom is 0.276 e. The van der Waals surface area contributed by atoms with Crippen LogP contribution >= 0.6 is 0 Å². The summed E-state index contributed by atoms with van der Waals surface area (Å²) in [5.41, 5.74) is 2.59. The average Bonchev–Trinajstić information content (AvgIpc) is 2.65. The van der Waals surface area contributed by atoms with E-state index >= 15 is 0 Å². The monoisotopic (exact) mass is 346 g/mol. The third kappa shape index (κ3) is 2.93. The Balaban J connectivity index is 1.63. The molecule has 6 heteroatoms. The van der Waals surface area contributed by atoms with E-state index in [2.05, 4.69) is 4.98 Å². The van der Waals surface area contributed by atoms with Crippen molar-refractivity contribution >= 4 is 28.4 Å². The predicted octanol–water partition coefficient (Wildman–Crippen LogP) is 4.32. The van der Waals surface area contributed by atoms with Crippen molar-refractivity contribution in [2.24, 2.45) is 0 Å². The van der Waals surface area contributed by atoms with Crippen LogP contribution in [0.15, 0.2) is 54.6 Å². The molecule has 4 rings (SSSR count). The second-order valence-electron chi connectivity index (χ2n) is 5.98. The van der Waals surface area contributed by atoms with Gasteiger partial charge in [-0.05, 0) is 36.4 Å². The molecule has 0 saturated heterocycles. The molecular formula is C20H14N2O4. The van der Waals surface area contributed by atoms with Crippen LogP contribution in [-0.4, -0.2) is 15.7 Å². The third-order valence-electron chi connectivity index (χ3n) is 4.28. The molecule has 0 amide bonds. The number of benzene rings is 2. The zero-order valence-electron chi connectivity index (χ0n) is 13.7. The number of para-hydroxylation sites is 1. The first-order chi connectivity index (χ1) is 12.6. The van der Waals surface area contributed by atoms with Gasteiger partial charge in [-0.2, -0.15) is 0 Å². The number of hydrogen-bond acceptors (Lipinski definition) is 5. The Labute approximate surface area is 148 Å². The van der Waals surface area contributed by atoms with Gasteiger partial charge in [-0.25, -0.2) is 4.98 Å². The topological polar surface area (TPSA) is 82.3 Å². The van der Waals surface area contributed by atoms with Gasteiger partial charge in [-0.3, -0.25) is 14.9 Å². The molecule has 0 fully saturated rings. The number of ether oxygens (including phenoxy) is 1. The summed E-state index contributed by atoms with van der Waals surface area (Å²) in [7, 11) is 0. The smallest absolute Gasteiger partial charge is 0.276 e. The van der Waals surface area contributed by atoms with Crippen molar-refractivity contribution in [3.63, 3.8) is 0 Å². The van der Waals surface area contributed by atoms with Gasteiger partial charge in [-0.1, -0.05) is 18.2 Å². The van der Waals surface area contributed by atoms with Crippen LogP contribution in [0, 0.1) is 10.1 Å². The predicted molar refractivity (Wildman–Crippen MR) is 97.2 cm³/mol. The third-order valence-corrected chi connectivity index (χ3v) is 4.28. The average molecular weight is 346 g/mol. The fraction of sp³-hybridized carbons (Fsp3) is 0.100. The lowest BCUT2D eigenvalue weighted by molar-refractivity contribution is -0.385. The molecule has 1 aliphatic rings. The van der Waals surface area contributed by atoms with E-state index in [1.165, 1.54) is 6.07 Å². The Bertz CT molecular complexity index is 1070. The number of Topliss-reactive ketones (excluding diaryl/α,β-unsaturated/α-hetero) is 1. The summed E-state index contributed by atoms with van der Waals surface area (Å²) >= 11 is 0. The van der Waals surface area contributed by atoms with Gasteiger partial charge in [0.1, 0.15) is 12.4 Å². The van der Waals surface area contributed by atoms with Gasteiger partial charge in [0, 0.05) is 23.4 Å². The highest BCUT2D eigenvalue weighted by Gasteiger charge is 2.16. The summed E-state index contributed by atoms with van der Waals surface area (Å²) in [6, 6.07) is 13.7. The summed E-state index contributed by atoms with van der Waals surface area (Å²) < 4.78 is 5.73. The van der Waals surface area contributed by atoms with Crippen LogP contribution in [0.2, 0.25) is 0 Å². The van der Waals surface area contributed by atoms with Gasteiger partial charge < -0.3 is 4.74 Å². The number of carbonyl (C=O) groups is 1. The number of rotatable bonds is 4. The van der Waals surface area contributed by atoms with Crippen molar-refractivity contribution in [1.82, 2.24) is 4.98 Å². The number of carbonyl (C=O) groups excluding carboxylic acids is 1. The van der Waals surface area contributed by atoms with Crippen LogP contribution < -0.4 is 4.74 Å². The molecule has 0 N–H and O–H groups in total. The maximum atomic E-state index is 12.0. The van der Waals surface area contributed by atoms with E-state index in [1.807, 2.05) is 24.3 Å². The van der Waals surface area contributed by atoms with Crippen molar-refractivity contribution in [3.05, 3.63) is 81.5 Å².